The molecule has 0 aliphatic carbocycles. The summed E-state index contributed by atoms with van der Waals surface area (Å²) in [6, 6.07) is 1.75. The van der Waals surface area contributed by atoms with Gasteiger partial charge in [-0.15, -0.1) is 6.42 Å². The van der Waals surface area contributed by atoms with Gasteiger partial charge < -0.3 is 9.63 Å². The van der Waals surface area contributed by atoms with Gasteiger partial charge >= 0.3 is 0 Å². The van der Waals surface area contributed by atoms with Gasteiger partial charge in [-0.3, -0.25) is 0 Å². The predicted octanol–water partition coefficient (Wildman–Crippen LogP) is 0.520. The number of aliphatic hydroxyl groups is 1. The summed E-state index contributed by atoms with van der Waals surface area (Å²) < 4.78 is 4.83. The van der Waals surface area contributed by atoms with Gasteiger partial charge in [-0.2, -0.15) is 0 Å². The van der Waals surface area contributed by atoms with Gasteiger partial charge in [-0.05, 0) is 6.92 Å². The van der Waals surface area contributed by atoms with E-state index in [0.717, 1.165) is 5.69 Å². The zero-order valence-corrected chi connectivity index (χ0v) is 6.24. The van der Waals surface area contributed by atoms with E-state index >= 15 is 0 Å². The largest absolute Gasteiger partial charge is 0.380 e. The minimum Gasteiger partial charge on any atom is -0.380 e. The Labute approximate surface area is 65.0 Å². The third-order valence-electron chi connectivity index (χ3n) is 1.26. The van der Waals surface area contributed by atoms with Gasteiger partial charge in [-0.1, -0.05) is 11.1 Å². The van der Waals surface area contributed by atoms with Crippen LogP contribution in [-0.4, -0.2) is 16.4 Å². The summed E-state index contributed by atoms with van der Waals surface area (Å²) in [6.45, 7) is 1.81. The van der Waals surface area contributed by atoms with Gasteiger partial charge in [0.2, 0.25) is 0 Å². The molecule has 0 aliphatic rings. The molecule has 1 atom stereocenters. The number of aryl methyl sites for hydroxylation is 1. The van der Waals surface area contributed by atoms with Crippen LogP contribution in [0.15, 0.2) is 10.6 Å². The maximum atomic E-state index is 9.00. The van der Waals surface area contributed by atoms with Crippen molar-refractivity contribution in [2.24, 2.45) is 0 Å². The monoisotopic (exact) mass is 151 g/mol. The van der Waals surface area contributed by atoms with Crippen molar-refractivity contribution in [2.45, 2.75) is 19.4 Å². The molecule has 0 aliphatic heterocycles. The summed E-state index contributed by atoms with van der Waals surface area (Å²) in [5.41, 5.74) is 0.796. The topological polar surface area (TPSA) is 46.3 Å². The predicted molar refractivity (Wildman–Crippen MR) is 39.8 cm³/mol. The fourth-order valence-corrected chi connectivity index (χ4v) is 0.762. The average Bonchev–Trinajstić information content (AvgIpc) is 2.35. The molecule has 0 radical (unpaired) electrons. The molecule has 0 spiro atoms. The summed E-state index contributed by atoms with van der Waals surface area (Å²) >= 11 is 0. The second kappa shape index (κ2) is 3.22. The molecule has 3 heteroatoms. The summed E-state index contributed by atoms with van der Waals surface area (Å²) in [5, 5.41) is 12.6. The molecule has 1 aromatic heterocycles. The second-order valence-corrected chi connectivity index (χ2v) is 2.32. The van der Waals surface area contributed by atoms with Gasteiger partial charge in [0.05, 0.1) is 5.69 Å². The molecule has 58 valence electrons. The van der Waals surface area contributed by atoms with Crippen molar-refractivity contribution in [3.05, 3.63) is 17.5 Å². The summed E-state index contributed by atoms with van der Waals surface area (Å²) in [5.74, 6) is 2.81. The Morgan fingerprint density at radius 2 is 2.64 bits per heavy atom. The molecule has 11 heavy (non-hydrogen) atoms. The molecule has 0 bridgehead atoms. The van der Waals surface area contributed by atoms with Crippen LogP contribution in [-0.2, 0) is 6.42 Å². The molecule has 0 fully saturated rings. The lowest BCUT2D eigenvalue weighted by Gasteiger charge is -1.95. The van der Waals surface area contributed by atoms with Gasteiger partial charge in [-0.25, -0.2) is 0 Å². The lowest BCUT2D eigenvalue weighted by molar-refractivity contribution is 0.218. The van der Waals surface area contributed by atoms with E-state index in [4.69, 9.17) is 16.1 Å². The van der Waals surface area contributed by atoms with E-state index in [9.17, 15) is 0 Å². The zero-order chi connectivity index (χ0) is 8.27. The first kappa shape index (κ1) is 7.83. The van der Waals surface area contributed by atoms with Crippen LogP contribution in [0.25, 0.3) is 0 Å². The smallest absolute Gasteiger partial charge is 0.140 e. The van der Waals surface area contributed by atoms with Gasteiger partial charge in [0.1, 0.15) is 11.9 Å². The first-order valence-electron chi connectivity index (χ1n) is 3.29. The third-order valence-corrected chi connectivity index (χ3v) is 1.26. The van der Waals surface area contributed by atoms with E-state index in [2.05, 4.69) is 11.1 Å². The van der Waals surface area contributed by atoms with E-state index in [1.165, 1.54) is 0 Å². The number of terminal acetylenes is 1. The van der Waals surface area contributed by atoms with E-state index in [-0.39, 0.29) is 0 Å². The van der Waals surface area contributed by atoms with Crippen LogP contribution >= 0.6 is 0 Å². The number of aromatic nitrogens is 1. The number of nitrogens with zero attached hydrogens (tertiary/aromatic N) is 1. The highest BCUT2D eigenvalue weighted by Crippen LogP contribution is 2.04. The van der Waals surface area contributed by atoms with Gasteiger partial charge in [0.15, 0.2) is 0 Å². The Morgan fingerprint density at radius 1 is 1.91 bits per heavy atom. The fourth-order valence-electron chi connectivity index (χ4n) is 0.762. The van der Waals surface area contributed by atoms with E-state index in [1.54, 1.807) is 6.07 Å². The Balaban J connectivity index is 2.59. The van der Waals surface area contributed by atoms with E-state index in [1.807, 2.05) is 6.92 Å². The van der Waals surface area contributed by atoms with Crippen molar-refractivity contribution in [3.8, 4) is 12.3 Å². The molecular weight excluding hydrogens is 142 g/mol. The standard InChI is InChI=1S/C8H9NO2/c1-3-7(10)5-8-4-6(2)9-11-8/h1,4,7,10H,5H2,2H3. The average molecular weight is 151 g/mol. The minimum atomic E-state index is -0.776. The number of hydrogen-bond acceptors (Lipinski definition) is 3. The van der Waals surface area contributed by atoms with Crippen molar-refractivity contribution < 1.29 is 9.63 Å². The highest BCUT2D eigenvalue weighted by Gasteiger charge is 2.05. The Hall–Kier alpha value is -1.27. The molecule has 1 heterocycles. The lowest BCUT2D eigenvalue weighted by Crippen LogP contribution is -2.05. The third kappa shape index (κ3) is 2.10. The van der Waals surface area contributed by atoms with E-state index < -0.39 is 6.10 Å². The van der Waals surface area contributed by atoms with Crippen molar-refractivity contribution in [3.63, 3.8) is 0 Å². The molecular formula is C8H9NO2. The number of aliphatic hydroxyl groups excluding tert-OH is 1. The van der Waals surface area contributed by atoms with Crippen molar-refractivity contribution in [1.82, 2.24) is 5.16 Å². The van der Waals surface area contributed by atoms with Crippen molar-refractivity contribution in [1.29, 1.82) is 0 Å². The first-order chi connectivity index (χ1) is 5.22. The van der Waals surface area contributed by atoms with Crippen molar-refractivity contribution >= 4 is 0 Å². The van der Waals surface area contributed by atoms with Crippen LogP contribution in [0.3, 0.4) is 0 Å². The zero-order valence-electron chi connectivity index (χ0n) is 6.24. The fraction of sp³-hybridized carbons (Fsp3) is 0.375. The molecule has 1 rings (SSSR count). The first-order valence-corrected chi connectivity index (χ1v) is 3.29. The van der Waals surface area contributed by atoms with Gasteiger partial charge in [0, 0.05) is 12.5 Å². The maximum Gasteiger partial charge on any atom is 0.140 e. The van der Waals surface area contributed by atoms with Crippen LogP contribution in [0, 0.1) is 19.3 Å². The summed E-state index contributed by atoms with van der Waals surface area (Å²) in [6.07, 6.45) is 4.52. The molecule has 0 amide bonds. The molecule has 3 nitrogen and oxygen atoms in total. The Morgan fingerprint density at radius 3 is 3.09 bits per heavy atom. The lowest BCUT2D eigenvalue weighted by atomic mass is 10.2. The minimum absolute atomic E-state index is 0.331. The SMILES string of the molecule is C#CC(O)Cc1cc(C)no1. The Bertz CT molecular complexity index is 272. The molecule has 0 aromatic carbocycles. The number of rotatable bonds is 2. The Kier molecular flexibility index (Phi) is 2.29. The molecule has 1 aromatic rings. The summed E-state index contributed by atoms with van der Waals surface area (Å²) in [7, 11) is 0. The molecule has 0 saturated heterocycles. The second-order valence-electron chi connectivity index (χ2n) is 2.32. The van der Waals surface area contributed by atoms with Crippen LogP contribution in [0.5, 0.6) is 0 Å². The summed E-state index contributed by atoms with van der Waals surface area (Å²) in [4.78, 5) is 0. The van der Waals surface area contributed by atoms with Crippen LogP contribution in [0.2, 0.25) is 0 Å². The maximum absolute atomic E-state index is 9.00. The van der Waals surface area contributed by atoms with E-state index in [0.29, 0.717) is 12.2 Å². The van der Waals surface area contributed by atoms with Crippen LogP contribution < -0.4 is 0 Å². The highest BCUT2D eigenvalue weighted by atomic mass is 16.5. The van der Waals surface area contributed by atoms with Crippen LogP contribution in [0.1, 0.15) is 11.5 Å². The number of hydrogen-bond donors (Lipinski definition) is 1. The molecule has 0 saturated carbocycles. The highest BCUT2D eigenvalue weighted by molar-refractivity contribution is 5.07. The molecule has 1 unspecified atom stereocenters. The molecule has 1 N–H and O–H groups in total. The van der Waals surface area contributed by atoms with Crippen LogP contribution in [0.4, 0.5) is 0 Å². The van der Waals surface area contributed by atoms with Gasteiger partial charge in [0.25, 0.3) is 0 Å². The quantitative estimate of drug-likeness (QED) is 0.627. The normalized spacial score (nSPS) is 12.5. The van der Waals surface area contributed by atoms with Crippen molar-refractivity contribution in [2.75, 3.05) is 0 Å².